The summed E-state index contributed by atoms with van der Waals surface area (Å²) in [6, 6.07) is 0. The van der Waals surface area contributed by atoms with Crippen molar-refractivity contribution in [3.05, 3.63) is 28.7 Å². The van der Waals surface area contributed by atoms with Crippen molar-refractivity contribution >= 4 is 0 Å². The second-order valence-electron chi connectivity index (χ2n) is 6.00. The van der Waals surface area contributed by atoms with Gasteiger partial charge >= 0.3 is 0 Å². The van der Waals surface area contributed by atoms with Crippen LogP contribution in [0.3, 0.4) is 0 Å². The molecular weight excluding hydrogens is 284 g/mol. The quantitative estimate of drug-likeness (QED) is 0.834. The number of likely N-dealkylation sites (tertiary alicyclic amines) is 1. The first-order chi connectivity index (χ1) is 10.6. The lowest BCUT2D eigenvalue weighted by atomic mass is 9.97. The zero-order chi connectivity index (χ0) is 15.7. The molecule has 0 bridgehead atoms. The van der Waals surface area contributed by atoms with E-state index < -0.39 is 0 Å². The van der Waals surface area contributed by atoms with Gasteiger partial charge in [-0.1, -0.05) is 10.3 Å². The monoisotopic (exact) mass is 306 g/mol. The van der Waals surface area contributed by atoms with E-state index >= 15 is 0 Å². The van der Waals surface area contributed by atoms with Gasteiger partial charge in [0.05, 0.1) is 18.2 Å². The van der Waals surface area contributed by atoms with Crippen LogP contribution in [0, 0.1) is 26.7 Å². The molecule has 0 N–H and O–H groups in total. The lowest BCUT2D eigenvalue weighted by Crippen LogP contribution is -2.21. The molecular formula is C15H22N4O3. The topological polar surface area (TPSA) is 77.4 Å². The maximum Gasteiger partial charge on any atom is 0.231 e. The van der Waals surface area contributed by atoms with Gasteiger partial charge in [-0.2, -0.15) is 4.98 Å². The van der Waals surface area contributed by atoms with Gasteiger partial charge in [-0.05, 0) is 20.8 Å². The molecule has 0 saturated carbocycles. The zero-order valence-corrected chi connectivity index (χ0v) is 13.5. The molecule has 3 rings (SSSR count). The van der Waals surface area contributed by atoms with Crippen LogP contribution in [0.1, 0.15) is 34.7 Å². The average Bonchev–Trinajstić information content (AvgIpc) is 3.15. The second kappa shape index (κ2) is 6.18. The third kappa shape index (κ3) is 2.91. The number of nitrogens with zero attached hydrogens (tertiary/aromatic N) is 4. The molecule has 7 nitrogen and oxygen atoms in total. The van der Waals surface area contributed by atoms with Gasteiger partial charge in [0.25, 0.3) is 0 Å². The van der Waals surface area contributed by atoms with Crippen LogP contribution in [-0.2, 0) is 11.3 Å². The SMILES string of the molecule is COC[C@@H]1CN(Cc2c(C)noc2C)C[C@H]1c1nc(C)no1. The summed E-state index contributed by atoms with van der Waals surface area (Å²) >= 11 is 0. The molecule has 1 fully saturated rings. The molecule has 22 heavy (non-hydrogen) atoms. The van der Waals surface area contributed by atoms with E-state index in [2.05, 4.69) is 20.2 Å². The van der Waals surface area contributed by atoms with Crippen molar-refractivity contribution in [1.29, 1.82) is 0 Å². The van der Waals surface area contributed by atoms with Gasteiger partial charge in [-0.15, -0.1) is 0 Å². The number of aryl methyl sites for hydroxylation is 3. The Kier molecular flexibility index (Phi) is 4.26. The van der Waals surface area contributed by atoms with E-state index in [4.69, 9.17) is 13.8 Å². The van der Waals surface area contributed by atoms with E-state index in [0.717, 1.165) is 31.1 Å². The molecule has 2 atom stereocenters. The standard InChI is InChI=1S/C15H22N4O3/c1-9-13(10(2)21-17-9)6-19-5-12(8-20-4)14(7-19)15-16-11(3)18-22-15/h12,14H,5-8H2,1-4H3/t12-,14+/m0/s1. The van der Waals surface area contributed by atoms with Crippen LogP contribution >= 0.6 is 0 Å². The fourth-order valence-electron chi connectivity index (χ4n) is 3.17. The average molecular weight is 306 g/mol. The van der Waals surface area contributed by atoms with Gasteiger partial charge in [0.15, 0.2) is 5.82 Å². The summed E-state index contributed by atoms with van der Waals surface area (Å²) in [6.45, 7) is 9.10. The molecule has 0 aliphatic carbocycles. The summed E-state index contributed by atoms with van der Waals surface area (Å²) in [5, 5.41) is 7.94. The Labute approximate surface area is 129 Å². The maximum atomic E-state index is 5.38. The Hall–Kier alpha value is -1.73. The zero-order valence-electron chi connectivity index (χ0n) is 13.5. The van der Waals surface area contributed by atoms with Crippen molar-refractivity contribution in [2.75, 3.05) is 26.8 Å². The molecule has 0 spiro atoms. The van der Waals surface area contributed by atoms with Crippen molar-refractivity contribution in [2.45, 2.75) is 33.2 Å². The molecule has 2 aromatic heterocycles. The highest BCUT2D eigenvalue weighted by Crippen LogP contribution is 2.33. The van der Waals surface area contributed by atoms with Gasteiger partial charge in [-0.25, -0.2) is 0 Å². The van der Waals surface area contributed by atoms with Crippen LogP contribution in [0.25, 0.3) is 0 Å². The Morgan fingerprint density at radius 1 is 1.18 bits per heavy atom. The Balaban J connectivity index is 1.75. The summed E-state index contributed by atoms with van der Waals surface area (Å²) in [6.07, 6.45) is 0. The first-order valence-corrected chi connectivity index (χ1v) is 7.51. The highest BCUT2D eigenvalue weighted by atomic mass is 16.5. The number of rotatable bonds is 5. The smallest absolute Gasteiger partial charge is 0.231 e. The van der Waals surface area contributed by atoms with Gasteiger partial charge < -0.3 is 13.8 Å². The van der Waals surface area contributed by atoms with Crippen molar-refractivity contribution in [3.63, 3.8) is 0 Å². The summed E-state index contributed by atoms with van der Waals surface area (Å²) in [4.78, 5) is 6.78. The molecule has 1 saturated heterocycles. The summed E-state index contributed by atoms with van der Waals surface area (Å²) in [5.41, 5.74) is 2.12. The third-order valence-electron chi connectivity index (χ3n) is 4.32. The van der Waals surface area contributed by atoms with Crippen LogP contribution in [-0.4, -0.2) is 47.0 Å². The van der Waals surface area contributed by atoms with E-state index in [1.165, 1.54) is 5.56 Å². The number of hydrogen-bond donors (Lipinski definition) is 0. The van der Waals surface area contributed by atoms with E-state index in [1.54, 1.807) is 7.11 Å². The van der Waals surface area contributed by atoms with Crippen molar-refractivity contribution < 1.29 is 13.8 Å². The van der Waals surface area contributed by atoms with Crippen LogP contribution in [0.5, 0.6) is 0 Å². The first-order valence-electron chi connectivity index (χ1n) is 7.51. The van der Waals surface area contributed by atoms with E-state index in [9.17, 15) is 0 Å². The molecule has 0 radical (unpaired) electrons. The fourth-order valence-corrected chi connectivity index (χ4v) is 3.17. The molecule has 120 valence electrons. The predicted molar refractivity (Wildman–Crippen MR) is 78.4 cm³/mol. The molecule has 0 aromatic carbocycles. The maximum absolute atomic E-state index is 5.38. The van der Waals surface area contributed by atoms with Crippen LogP contribution in [0.4, 0.5) is 0 Å². The van der Waals surface area contributed by atoms with Crippen LogP contribution < -0.4 is 0 Å². The summed E-state index contributed by atoms with van der Waals surface area (Å²) in [7, 11) is 1.73. The number of methoxy groups -OCH3 is 1. The van der Waals surface area contributed by atoms with E-state index in [0.29, 0.717) is 24.2 Å². The molecule has 1 aliphatic rings. The number of hydrogen-bond acceptors (Lipinski definition) is 7. The Morgan fingerprint density at radius 3 is 2.59 bits per heavy atom. The van der Waals surface area contributed by atoms with E-state index in [-0.39, 0.29) is 5.92 Å². The number of aromatic nitrogens is 3. The Bertz CT molecular complexity index is 617. The normalized spacial score (nSPS) is 22.5. The predicted octanol–water partition coefficient (Wildman–Crippen LogP) is 1.84. The fraction of sp³-hybridized carbons (Fsp3) is 0.667. The van der Waals surface area contributed by atoms with Crippen molar-refractivity contribution in [3.8, 4) is 0 Å². The first kappa shape index (κ1) is 15.2. The minimum atomic E-state index is 0.210. The van der Waals surface area contributed by atoms with Crippen molar-refractivity contribution in [1.82, 2.24) is 20.2 Å². The van der Waals surface area contributed by atoms with E-state index in [1.807, 2.05) is 20.8 Å². The van der Waals surface area contributed by atoms with Gasteiger partial charge in [0, 0.05) is 38.2 Å². The van der Waals surface area contributed by atoms with Crippen molar-refractivity contribution in [2.24, 2.45) is 5.92 Å². The summed E-state index contributed by atoms with van der Waals surface area (Å²) in [5.74, 6) is 2.83. The highest BCUT2D eigenvalue weighted by molar-refractivity contribution is 5.21. The largest absolute Gasteiger partial charge is 0.384 e. The van der Waals surface area contributed by atoms with Gasteiger partial charge in [0.2, 0.25) is 5.89 Å². The molecule has 0 unspecified atom stereocenters. The lowest BCUT2D eigenvalue weighted by molar-refractivity contribution is 0.142. The molecule has 7 heteroatoms. The molecule has 1 aliphatic heterocycles. The molecule has 3 heterocycles. The Morgan fingerprint density at radius 2 is 2.00 bits per heavy atom. The number of ether oxygens (including phenoxy) is 1. The second-order valence-corrected chi connectivity index (χ2v) is 6.00. The molecule has 2 aromatic rings. The highest BCUT2D eigenvalue weighted by Gasteiger charge is 2.37. The minimum Gasteiger partial charge on any atom is -0.384 e. The van der Waals surface area contributed by atoms with Crippen LogP contribution in [0.15, 0.2) is 9.05 Å². The third-order valence-corrected chi connectivity index (χ3v) is 4.32. The van der Waals surface area contributed by atoms with Crippen LogP contribution in [0.2, 0.25) is 0 Å². The van der Waals surface area contributed by atoms with Gasteiger partial charge in [-0.3, -0.25) is 4.90 Å². The lowest BCUT2D eigenvalue weighted by Gasteiger charge is -2.15. The van der Waals surface area contributed by atoms with Gasteiger partial charge in [0.1, 0.15) is 5.76 Å². The minimum absolute atomic E-state index is 0.210. The summed E-state index contributed by atoms with van der Waals surface area (Å²) < 4.78 is 16.0. The molecule has 0 amide bonds.